The summed E-state index contributed by atoms with van der Waals surface area (Å²) in [6.07, 6.45) is 1.86. The third kappa shape index (κ3) is 5.50. The van der Waals surface area contributed by atoms with Gasteiger partial charge in [-0.1, -0.05) is 158 Å². The van der Waals surface area contributed by atoms with Crippen LogP contribution in [0.3, 0.4) is 0 Å². The minimum atomic E-state index is -0.839. The van der Waals surface area contributed by atoms with Gasteiger partial charge in [0.2, 0.25) is 0 Å². The predicted molar refractivity (Wildman–Crippen MR) is 206 cm³/mol. The van der Waals surface area contributed by atoms with E-state index in [4.69, 9.17) is 9.47 Å². The van der Waals surface area contributed by atoms with Crippen LogP contribution < -0.4 is 41.3 Å². The van der Waals surface area contributed by atoms with Crippen LogP contribution in [0.15, 0.2) is 158 Å². The number of para-hydroxylation sites is 2. The molecule has 0 aromatic heterocycles. The van der Waals surface area contributed by atoms with Gasteiger partial charge >= 0.3 is 0 Å². The topological polar surface area (TPSA) is 21.7 Å². The summed E-state index contributed by atoms with van der Waals surface area (Å²) in [5.74, 6) is 1.73. The first-order valence-corrected chi connectivity index (χ1v) is 20.0. The van der Waals surface area contributed by atoms with Crippen molar-refractivity contribution >= 4 is 47.7 Å². The molecule has 6 aromatic rings. The first-order valence-electron chi connectivity index (χ1n) is 17.3. The van der Waals surface area contributed by atoms with Crippen LogP contribution in [-0.4, -0.2) is 30.8 Å². The number of fused-ring (bicyclic) bond motifs is 2. The van der Waals surface area contributed by atoms with Crippen LogP contribution in [0.25, 0.3) is 0 Å². The number of hydrogen-bond donors (Lipinski definition) is 0. The maximum Gasteiger partial charge on any atom is 0.259 e. The zero-order valence-corrected chi connectivity index (χ0v) is 29.4. The Morgan fingerprint density at radius 2 is 0.816 bits per heavy atom. The Hall–Kier alpha value is -4.26. The minimum absolute atomic E-state index is 0.208. The fourth-order valence-corrected chi connectivity index (χ4v) is 13.1. The van der Waals surface area contributed by atoms with Gasteiger partial charge in [-0.3, -0.25) is 0 Å². The molecule has 1 saturated heterocycles. The number of hydrogen-bond acceptors (Lipinski definition) is 3. The summed E-state index contributed by atoms with van der Waals surface area (Å²) < 4.78 is 15.2. The number of ether oxygens (including phenoxy) is 2. The Labute approximate surface area is 292 Å². The highest BCUT2D eigenvalue weighted by Gasteiger charge is 2.59. The Balaban J connectivity index is 1.20. The highest BCUT2D eigenvalue weighted by Crippen LogP contribution is 2.52. The van der Waals surface area contributed by atoms with Crippen molar-refractivity contribution in [3.8, 4) is 11.5 Å². The highest BCUT2D eigenvalue weighted by atomic mass is 31.1. The lowest BCUT2D eigenvalue weighted by molar-refractivity contribution is -0.233. The van der Waals surface area contributed by atoms with Crippen molar-refractivity contribution in [1.29, 1.82) is 0 Å². The largest absolute Gasteiger partial charge is 0.451 e. The molecule has 3 aliphatic heterocycles. The van der Waals surface area contributed by atoms with E-state index in [1.807, 2.05) is 0 Å². The first kappa shape index (κ1) is 30.8. The van der Waals surface area contributed by atoms with E-state index < -0.39 is 21.6 Å². The second-order valence-electron chi connectivity index (χ2n) is 13.5. The van der Waals surface area contributed by atoms with Gasteiger partial charge < -0.3 is 14.4 Å². The van der Waals surface area contributed by atoms with E-state index in [-0.39, 0.29) is 11.8 Å². The molecule has 3 aliphatic rings. The first-order chi connectivity index (χ1) is 24.2. The van der Waals surface area contributed by atoms with Gasteiger partial charge in [-0.05, 0) is 68.1 Å². The van der Waals surface area contributed by atoms with Crippen molar-refractivity contribution < 1.29 is 9.47 Å². The molecule has 0 saturated carbocycles. The van der Waals surface area contributed by atoms with Crippen molar-refractivity contribution in [2.75, 3.05) is 20.1 Å². The molecule has 49 heavy (non-hydrogen) atoms. The molecule has 0 N–H and O–H groups in total. The lowest BCUT2D eigenvalue weighted by atomic mass is 9.73. The van der Waals surface area contributed by atoms with E-state index in [1.54, 1.807) is 0 Å². The lowest BCUT2D eigenvalue weighted by Crippen LogP contribution is -2.68. The number of likely N-dealkylation sites (tertiary alicyclic amines) is 1. The molecule has 9 rings (SSSR count). The molecule has 242 valence electrons. The van der Waals surface area contributed by atoms with E-state index in [9.17, 15) is 0 Å². The number of nitrogens with zero attached hydrogens (tertiary/aromatic N) is 1. The summed E-state index contributed by atoms with van der Waals surface area (Å²) in [5, 5.41) is 7.85. The molecule has 6 aromatic carbocycles. The van der Waals surface area contributed by atoms with Crippen molar-refractivity contribution in [1.82, 2.24) is 4.90 Å². The SMILES string of the molecule is CN1C[C@@H]2Cc3cccc(P(c4ccccc4)c4ccccc4)c3OC23Oc2c(cccc2P(c2ccccc2)c2ccccc2)C[C@H]3C1. The molecule has 5 heteroatoms. The molecule has 3 nitrogen and oxygen atoms in total. The average Bonchev–Trinajstić information content (AvgIpc) is 3.15. The minimum Gasteiger partial charge on any atom is -0.451 e. The van der Waals surface area contributed by atoms with Crippen LogP contribution in [0.1, 0.15) is 11.1 Å². The van der Waals surface area contributed by atoms with Gasteiger partial charge in [-0.25, -0.2) is 0 Å². The van der Waals surface area contributed by atoms with Crippen LogP contribution in [0.2, 0.25) is 0 Å². The van der Waals surface area contributed by atoms with Gasteiger partial charge in [-0.2, -0.15) is 0 Å². The van der Waals surface area contributed by atoms with E-state index in [1.165, 1.54) is 43.0 Å². The standard InChI is InChI=1S/C44H39NO2P2/c1-45-30-34-28-32-16-14-26-40(48(36-18-6-2-7-19-36)37-20-8-3-9-21-37)42(32)46-44(34)35(31-45)29-33-17-15-27-41(43(33)47-44)49(38-22-10-4-11-23-38)39-24-12-5-13-25-39/h2-27,34-35H,28-31H2,1H3/t34-,35-,44?/m0/s1. The van der Waals surface area contributed by atoms with Crippen molar-refractivity contribution in [2.45, 2.75) is 18.6 Å². The zero-order chi connectivity index (χ0) is 32.8. The molecule has 0 bridgehead atoms. The monoisotopic (exact) mass is 675 g/mol. The Morgan fingerprint density at radius 1 is 0.469 bits per heavy atom. The Morgan fingerprint density at radius 3 is 1.16 bits per heavy atom. The summed E-state index contributed by atoms with van der Waals surface area (Å²) in [6.45, 7) is 1.88. The molecule has 0 amide bonds. The summed E-state index contributed by atoms with van der Waals surface area (Å²) in [4.78, 5) is 2.49. The molecule has 1 fully saturated rings. The average molecular weight is 676 g/mol. The number of rotatable bonds is 6. The Kier molecular flexibility index (Phi) is 8.09. The van der Waals surface area contributed by atoms with Gasteiger partial charge in [0.25, 0.3) is 5.79 Å². The van der Waals surface area contributed by atoms with Gasteiger partial charge in [0.1, 0.15) is 11.5 Å². The van der Waals surface area contributed by atoms with E-state index in [0.717, 1.165) is 37.4 Å². The van der Waals surface area contributed by atoms with Crippen molar-refractivity contribution in [3.63, 3.8) is 0 Å². The van der Waals surface area contributed by atoms with Gasteiger partial charge in [-0.15, -0.1) is 0 Å². The van der Waals surface area contributed by atoms with Gasteiger partial charge in [0, 0.05) is 23.7 Å². The van der Waals surface area contributed by atoms with Gasteiger partial charge in [0.05, 0.1) is 11.8 Å². The summed E-state index contributed by atoms with van der Waals surface area (Å²) in [7, 11) is 0.581. The molecule has 0 aliphatic carbocycles. The summed E-state index contributed by atoms with van der Waals surface area (Å²) >= 11 is 0. The molecule has 2 atom stereocenters. The Bertz CT molecular complexity index is 1840. The number of piperidine rings is 1. The van der Waals surface area contributed by atoms with Gasteiger partial charge in [0.15, 0.2) is 0 Å². The second-order valence-corrected chi connectivity index (χ2v) is 17.9. The molecule has 3 heterocycles. The fraction of sp³-hybridized carbons (Fsp3) is 0.182. The van der Waals surface area contributed by atoms with Crippen molar-refractivity contribution in [3.05, 3.63) is 169 Å². The summed E-state index contributed by atoms with van der Waals surface area (Å²) in [6, 6.07) is 57.5. The molecule has 1 spiro atoms. The van der Waals surface area contributed by atoms with Crippen LogP contribution >= 0.6 is 15.8 Å². The van der Waals surface area contributed by atoms with E-state index in [2.05, 4.69) is 170 Å². The van der Waals surface area contributed by atoms with Crippen LogP contribution in [0.5, 0.6) is 11.5 Å². The van der Waals surface area contributed by atoms with E-state index >= 15 is 0 Å². The van der Waals surface area contributed by atoms with Crippen molar-refractivity contribution in [2.24, 2.45) is 11.8 Å². The summed E-state index contributed by atoms with van der Waals surface area (Å²) in [5.41, 5.74) is 2.58. The predicted octanol–water partition coefficient (Wildman–Crippen LogP) is 6.65. The van der Waals surface area contributed by atoms with Crippen LogP contribution in [0.4, 0.5) is 0 Å². The van der Waals surface area contributed by atoms with Crippen LogP contribution in [-0.2, 0) is 12.8 Å². The third-order valence-corrected chi connectivity index (χ3v) is 15.3. The molecular weight excluding hydrogens is 636 g/mol. The highest BCUT2D eigenvalue weighted by molar-refractivity contribution is 7.80. The molecule has 0 radical (unpaired) electrons. The van der Waals surface area contributed by atoms with E-state index in [0.29, 0.717) is 0 Å². The fourth-order valence-electron chi connectivity index (χ4n) is 8.25. The third-order valence-electron chi connectivity index (χ3n) is 10.3. The molecular formula is C44H39NO2P2. The lowest BCUT2D eigenvalue weighted by Gasteiger charge is -2.56. The maximum absolute atomic E-state index is 7.61. The second kappa shape index (κ2) is 12.9. The number of benzene rings is 6. The quantitative estimate of drug-likeness (QED) is 0.185. The smallest absolute Gasteiger partial charge is 0.259 e. The molecule has 0 unspecified atom stereocenters. The maximum atomic E-state index is 7.61. The van der Waals surface area contributed by atoms with Crippen LogP contribution in [0, 0.1) is 11.8 Å². The normalized spacial score (nSPS) is 21.1. The zero-order valence-electron chi connectivity index (χ0n) is 27.7.